The normalized spacial score (nSPS) is 15.4. The number of nitro groups is 1. The summed E-state index contributed by atoms with van der Waals surface area (Å²) in [4.78, 5) is 15.9. The summed E-state index contributed by atoms with van der Waals surface area (Å²) in [7, 11) is 1.63. The summed E-state index contributed by atoms with van der Waals surface area (Å²) in [6.07, 6.45) is 0. The van der Waals surface area contributed by atoms with Crippen molar-refractivity contribution >= 4 is 17.2 Å². The number of benzene rings is 2. The number of hydrogen-bond donors (Lipinski definition) is 2. The molecular formula is C22H23N5O3. The maximum Gasteiger partial charge on any atom is 0.309 e. The zero-order chi connectivity index (χ0) is 20.9. The van der Waals surface area contributed by atoms with Crippen LogP contribution in [-0.4, -0.2) is 29.7 Å². The molecule has 154 valence electrons. The average Bonchev–Trinajstić information content (AvgIpc) is 3.21. The fourth-order valence-corrected chi connectivity index (χ4v) is 3.62. The monoisotopic (exact) mass is 405 g/mol. The minimum Gasteiger partial charge on any atom is -0.495 e. The molecule has 8 nitrogen and oxygen atoms in total. The molecule has 0 bridgehead atoms. The molecule has 3 aromatic rings. The van der Waals surface area contributed by atoms with E-state index in [-0.39, 0.29) is 16.7 Å². The van der Waals surface area contributed by atoms with E-state index in [0.29, 0.717) is 30.9 Å². The van der Waals surface area contributed by atoms with Gasteiger partial charge in [-0.2, -0.15) is 0 Å². The van der Waals surface area contributed by atoms with E-state index in [0.717, 1.165) is 17.0 Å². The quantitative estimate of drug-likeness (QED) is 0.463. The zero-order valence-electron chi connectivity index (χ0n) is 16.6. The third-order valence-corrected chi connectivity index (χ3v) is 5.09. The maximum atomic E-state index is 11.5. The fourth-order valence-electron chi connectivity index (χ4n) is 3.62. The second-order valence-electron chi connectivity index (χ2n) is 6.97. The molecule has 1 unspecified atom stereocenters. The molecule has 0 amide bonds. The number of nitrogens with zero attached hydrogens (tertiary/aromatic N) is 3. The molecule has 0 saturated carbocycles. The Labute approximate surface area is 174 Å². The van der Waals surface area contributed by atoms with Gasteiger partial charge in [0.05, 0.1) is 30.3 Å². The molecule has 1 aromatic heterocycles. The van der Waals surface area contributed by atoms with Crippen molar-refractivity contribution in [3.63, 3.8) is 0 Å². The molecule has 2 aromatic carbocycles. The molecule has 8 heteroatoms. The Balaban J connectivity index is 1.66. The Morgan fingerprint density at radius 3 is 2.70 bits per heavy atom. The molecule has 1 atom stereocenters. The van der Waals surface area contributed by atoms with Gasteiger partial charge in [0.1, 0.15) is 11.2 Å². The van der Waals surface area contributed by atoms with E-state index in [4.69, 9.17) is 9.73 Å². The lowest BCUT2D eigenvalue weighted by atomic mass is 10.2. The van der Waals surface area contributed by atoms with Crippen molar-refractivity contribution < 1.29 is 9.66 Å². The standard InChI is InChI=1S/C22H23N5O3/c1-30-20-10-6-5-9-18(20)23-14-17-15-25-22-19(27(28)29)11-12-21(26(17)22)24-13-16-7-3-2-4-8-16/h2-12,17,23,25H,13-15H2,1H3. The van der Waals surface area contributed by atoms with Crippen LogP contribution in [0, 0.1) is 10.1 Å². The van der Waals surface area contributed by atoms with E-state index in [9.17, 15) is 10.1 Å². The van der Waals surface area contributed by atoms with Crippen molar-refractivity contribution in [3.8, 4) is 5.75 Å². The summed E-state index contributed by atoms with van der Waals surface area (Å²) in [5, 5.41) is 18.1. The second kappa shape index (κ2) is 8.69. The lowest BCUT2D eigenvalue weighted by Gasteiger charge is -2.17. The average molecular weight is 405 g/mol. The molecule has 2 N–H and O–H groups in total. The predicted octanol–water partition coefficient (Wildman–Crippen LogP) is 3.58. The zero-order valence-corrected chi connectivity index (χ0v) is 16.6. The Morgan fingerprint density at radius 2 is 1.93 bits per heavy atom. The van der Waals surface area contributed by atoms with E-state index in [1.807, 2.05) is 59.2 Å². The van der Waals surface area contributed by atoms with Gasteiger partial charge >= 0.3 is 5.69 Å². The van der Waals surface area contributed by atoms with Gasteiger partial charge in [-0.3, -0.25) is 15.1 Å². The predicted molar refractivity (Wildman–Crippen MR) is 116 cm³/mol. The van der Waals surface area contributed by atoms with Crippen LogP contribution in [-0.2, 0) is 6.54 Å². The van der Waals surface area contributed by atoms with Crippen molar-refractivity contribution in [1.82, 2.24) is 4.57 Å². The first-order valence-electron chi connectivity index (χ1n) is 9.72. The van der Waals surface area contributed by atoms with Gasteiger partial charge in [-0.1, -0.05) is 42.5 Å². The Bertz CT molecular complexity index is 1110. The van der Waals surface area contributed by atoms with Crippen LogP contribution < -0.4 is 20.9 Å². The molecule has 0 aliphatic carbocycles. The van der Waals surface area contributed by atoms with Crippen LogP contribution in [0.3, 0.4) is 0 Å². The number of rotatable bonds is 7. The highest BCUT2D eigenvalue weighted by Crippen LogP contribution is 2.31. The van der Waals surface area contributed by atoms with Gasteiger partial charge in [0.25, 0.3) is 0 Å². The van der Waals surface area contributed by atoms with Gasteiger partial charge in [0, 0.05) is 19.2 Å². The van der Waals surface area contributed by atoms with Crippen molar-refractivity contribution in [2.24, 2.45) is 4.99 Å². The SMILES string of the molecule is COc1ccccc1NCC1CNc2c([N+](=O)[O-])ccc(=NCc3ccccc3)n21. The van der Waals surface area contributed by atoms with Gasteiger partial charge < -0.3 is 19.9 Å². The first kappa shape index (κ1) is 19.5. The number of anilines is 2. The molecule has 2 heterocycles. The summed E-state index contributed by atoms with van der Waals surface area (Å²) in [5.74, 6) is 1.24. The van der Waals surface area contributed by atoms with Crippen molar-refractivity contribution in [2.75, 3.05) is 30.8 Å². The summed E-state index contributed by atoms with van der Waals surface area (Å²) in [6.45, 7) is 1.64. The number of aromatic nitrogens is 1. The third kappa shape index (κ3) is 3.98. The number of fused-ring (bicyclic) bond motifs is 1. The number of nitrogens with one attached hydrogen (secondary N) is 2. The number of ether oxygens (including phenoxy) is 1. The van der Waals surface area contributed by atoms with Gasteiger partial charge in [-0.25, -0.2) is 0 Å². The van der Waals surface area contributed by atoms with Crippen LogP contribution in [0.1, 0.15) is 11.6 Å². The summed E-state index contributed by atoms with van der Waals surface area (Å²) in [5.41, 5.74) is 2.71. The van der Waals surface area contributed by atoms with Crippen molar-refractivity contribution in [1.29, 1.82) is 0 Å². The maximum absolute atomic E-state index is 11.5. The lowest BCUT2D eigenvalue weighted by molar-refractivity contribution is -0.384. The highest BCUT2D eigenvalue weighted by molar-refractivity contribution is 5.60. The molecule has 0 fully saturated rings. The van der Waals surface area contributed by atoms with Gasteiger partial charge in [-0.15, -0.1) is 0 Å². The van der Waals surface area contributed by atoms with Crippen LogP contribution in [0.15, 0.2) is 71.7 Å². The molecule has 1 aliphatic rings. The van der Waals surface area contributed by atoms with Crippen LogP contribution in [0.5, 0.6) is 5.75 Å². The fraction of sp³-hybridized carbons (Fsp3) is 0.227. The van der Waals surface area contributed by atoms with E-state index >= 15 is 0 Å². The number of para-hydroxylation sites is 2. The summed E-state index contributed by atoms with van der Waals surface area (Å²) < 4.78 is 7.32. The molecule has 4 rings (SSSR count). The number of hydrogen-bond acceptors (Lipinski definition) is 6. The van der Waals surface area contributed by atoms with Gasteiger partial charge in [0.2, 0.25) is 0 Å². The minimum atomic E-state index is -0.365. The van der Waals surface area contributed by atoms with E-state index in [1.165, 1.54) is 6.07 Å². The van der Waals surface area contributed by atoms with E-state index in [2.05, 4.69) is 10.6 Å². The Hall–Kier alpha value is -3.81. The molecule has 1 aliphatic heterocycles. The smallest absolute Gasteiger partial charge is 0.309 e. The molecule has 30 heavy (non-hydrogen) atoms. The van der Waals surface area contributed by atoms with Crippen molar-refractivity contribution in [3.05, 3.63) is 87.9 Å². The minimum absolute atomic E-state index is 0.0423. The topological polar surface area (TPSA) is 93.7 Å². The van der Waals surface area contributed by atoms with Gasteiger partial charge in [0.15, 0.2) is 5.82 Å². The summed E-state index contributed by atoms with van der Waals surface area (Å²) in [6, 6.07) is 20.8. The van der Waals surface area contributed by atoms with Crippen LogP contribution in [0.2, 0.25) is 0 Å². The first-order valence-corrected chi connectivity index (χ1v) is 9.72. The summed E-state index contributed by atoms with van der Waals surface area (Å²) >= 11 is 0. The number of pyridine rings is 1. The lowest BCUT2D eigenvalue weighted by Crippen LogP contribution is -2.28. The largest absolute Gasteiger partial charge is 0.495 e. The Kier molecular flexibility index (Phi) is 5.65. The third-order valence-electron chi connectivity index (χ3n) is 5.09. The molecular weight excluding hydrogens is 382 g/mol. The molecule has 0 saturated heterocycles. The van der Waals surface area contributed by atoms with Crippen molar-refractivity contribution in [2.45, 2.75) is 12.6 Å². The van der Waals surface area contributed by atoms with Crippen LogP contribution in [0.25, 0.3) is 0 Å². The molecule has 0 spiro atoms. The van der Waals surface area contributed by atoms with Gasteiger partial charge in [-0.05, 0) is 23.8 Å². The molecule has 0 radical (unpaired) electrons. The first-order chi connectivity index (χ1) is 14.7. The van der Waals surface area contributed by atoms with Crippen LogP contribution >= 0.6 is 0 Å². The number of methoxy groups -OCH3 is 1. The Morgan fingerprint density at radius 1 is 1.17 bits per heavy atom. The highest BCUT2D eigenvalue weighted by Gasteiger charge is 2.29. The second-order valence-corrected chi connectivity index (χ2v) is 6.97. The highest BCUT2D eigenvalue weighted by atomic mass is 16.6. The van der Waals surface area contributed by atoms with E-state index < -0.39 is 0 Å². The van der Waals surface area contributed by atoms with E-state index in [1.54, 1.807) is 13.2 Å². The van der Waals surface area contributed by atoms with Crippen LogP contribution in [0.4, 0.5) is 17.2 Å².